The number of rotatable bonds is 5. The number of carbonyl (C=O) groups excluding carboxylic acids is 1. The van der Waals surface area contributed by atoms with Gasteiger partial charge in [0.25, 0.3) is 5.89 Å². The smallest absolute Gasteiger partial charge is 0.258 e. The number of hydrogen-bond acceptors (Lipinski definition) is 5. The van der Waals surface area contributed by atoms with Crippen molar-refractivity contribution in [1.82, 2.24) is 24.8 Å². The van der Waals surface area contributed by atoms with Crippen LogP contribution in [0.4, 0.5) is 0 Å². The van der Waals surface area contributed by atoms with Crippen molar-refractivity contribution in [3.63, 3.8) is 0 Å². The number of aromatic nitrogens is 4. The quantitative estimate of drug-likeness (QED) is 0.527. The zero-order valence-electron chi connectivity index (χ0n) is 19.0. The maximum Gasteiger partial charge on any atom is 0.258 e. The number of amides is 1. The van der Waals surface area contributed by atoms with Gasteiger partial charge in [0.05, 0.1) is 11.7 Å². The highest BCUT2D eigenvalue weighted by Gasteiger charge is 2.34. The van der Waals surface area contributed by atoms with Crippen molar-refractivity contribution < 1.29 is 9.32 Å². The molecule has 0 N–H and O–H groups in total. The lowest BCUT2D eigenvalue weighted by Crippen LogP contribution is -2.31. The van der Waals surface area contributed by atoms with E-state index in [0.717, 1.165) is 60.0 Å². The van der Waals surface area contributed by atoms with Crippen LogP contribution in [-0.2, 0) is 4.79 Å². The lowest BCUT2D eigenvalue weighted by Gasteiger charge is -2.27. The van der Waals surface area contributed by atoms with Gasteiger partial charge in [-0.2, -0.15) is 10.1 Å². The van der Waals surface area contributed by atoms with Crippen LogP contribution in [-0.4, -0.2) is 44.3 Å². The average molecular weight is 424 g/mol. The van der Waals surface area contributed by atoms with Crippen LogP contribution >= 0.6 is 0 Å². The van der Waals surface area contributed by atoms with E-state index in [-0.39, 0.29) is 12.0 Å². The first-order valence-corrected chi connectivity index (χ1v) is 11.4. The van der Waals surface area contributed by atoms with Gasteiger partial charge in [-0.1, -0.05) is 31.5 Å². The topological polar surface area (TPSA) is 77.1 Å². The largest absolute Gasteiger partial charge is 0.345 e. The molecule has 7 nitrogen and oxygen atoms in total. The fourth-order valence-corrected chi connectivity index (χ4v) is 3.93. The predicted octanol–water partition coefficient (Wildman–Crippen LogP) is 5.20. The van der Waals surface area contributed by atoms with Gasteiger partial charge in [0.1, 0.15) is 0 Å². The van der Waals surface area contributed by atoms with Crippen molar-refractivity contribution in [3.8, 4) is 11.5 Å². The highest BCUT2D eigenvalue weighted by atomic mass is 16.5. The van der Waals surface area contributed by atoms with E-state index in [0.29, 0.717) is 5.89 Å². The van der Waals surface area contributed by atoms with Crippen LogP contribution in [0.15, 0.2) is 28.9 Å². The summed E-state index contributed by atoms with van der Waals surface area (Å²) in [5, 5.41) is 9.71. The molecule has 1 aliphatic heterocycles. The number of piperidine rings is 1. The van der Waals surface area contributed by atoms with Gasteiger partial charge in [0.2, 0.25) is 6.41 Å². The second-order valence-electron chi connectivity index (χ2n) is 9.49. The summed E-state index contributed by atoms with van der Waals surface area (Å²) >= 11 is 0. The molecule has 0 unspecified atom stereocenters. The molecule has 0 spiro atoms. The molecule has 2 aromatic heterocycles. The van der Waals surface area contributed by atoms with Gasteiger partial charge in [-0.3, -0.25) is 9.48 Å². The van der Waals surface area contributed by atoms with E-state index in [2.05, 4.69) is 49.0 Å². The van der Waals surface area contributed by atoms with E-state index >= 15 is 0 Å². The minimum absolute atomic E-state index is 0.249. The summed E-state index contributed by atoms with van der Waals surface area (Å²) < 4.78 is 7.50. The molecule has 166 valence electrons. The first-order valence-electron chi connectivity index (χ1n) is 11.4. The zero-order valence-corrected chi connectivity index (χ0v) is 19.0. The Morgan fingerprint density at radius 2 is 2.00 bits per heavy atom. The van der Waals surface area contributed by atoms with Gasteiger partial charge in [-0.25, -0.2) is 0 Å². The molecule has 1 aromatic carbocycles. The summed E-state index contributed by atoms with van der Waals surface area (Å²) in [7, 11) is 0. The normalized spacial score (nSPS) is 18.2. The minimum Gasteiger partial charge on any atom is -0.345 e. The van der Waals surface area contributed by atoms with Crippen molar-refractivity contribution in [2.75, 3.05) is 13.1 Å². The molecule has 2 aliphatic rings. The second kappa shape index (κ2) is 8.81. The molecular formula is C24H33N5O2. The first kappa shape index (κ1) is 21.5. The van der Waals surface area contributed by atoms with E-state index < -0.39 is 0 Å². The van der Waals surface area contributed by atoms with E-state index in [9.17, 15) is 4.79 Å². The van der Waals surface area contributed by atoms with Crippen LogP contribution in [0.1, 0.15) is 77.6 Å². The van der Waals surface area contributed by atoms with Gasteiger partial charge in [0.15, 0.2) is 5.82 Å². The van der Waals surface area contributed by atoms with Gasteiger partial charge in [0, 0.05) is 36.0 Å². The lowest BCUT2D eigenvalue weighted by molar-refractivity contribution is -0.119. The van der Waals surface area contributed by atoms with E-state index in [1.54, 1.807) is 4.90 Å². The van der Waals surface area contributed by atoms with Crippen LogP contribution in [0.3, 0.4) is 0 Å². The molecule has 1 saturated carbocycles. The van der Waals surface area contributed by atoms with Crippen LogP contribution in [0.2, 0.25) is 0 Å². The molecule has 5 rings (SSSR count). The third-order valence-electron chi connectivity index (χ3n) is 6.78. The Bertz CT molecular complexity index is 1030. The summed E-state index contributed by atoms with van der Waals surface area (Å²) in [4.78, 5) is 17.2. The molecule has 0 radical (unpaired) electrons. The van der Waals surface area contributed by atoms with Crippen LogP contribution < -0.4 is 0 Å². The van der Waals surface area contributed by atoms with Crippen molar-refractivity contribution in [2.24, 2.45) is 5.41 Å². The lowest BCUT2D eigenvalue weighted by atomic mass is 9.96. The number of hydrogen-bond donors (Lipinski definition) is 0. The van der Waals surface area contributed by atoms with Crippen LogP contribution in [0.5, 0.6) is 0 Å². The Hall–Kier alpha value is -2.70. The van der Waals surface area contributed by atoms with E-state index in [4.69, 9.17) is 4.52 Å². The summed E-state index contributed by atoms with van der Waals surface area (Å²) in [5.74, 6) is 1.52. The average Bonchev–Trinajstić information content (AvgIpc) is 3.19. The molecule has 31 heavy (non-hydrogen) atoms. The van der Waals surface area contributed by atoms with Gasteiger partial charge >= 0.3 is 0 Å². The summed E-state index contributed by atoms with van der Waals surface area (Å²) in [6, 6.07) is 6.35. The predicted molar refractivity (Wildman–Crippen MR) is 121 cm³/mol. The number of nitrogens with zero attached hydrogens (tertiary/aromatic N) is 5. The molecule has 3 aromatic rings. The highest BCUT2D eigenvalue weighted by molar-refractivity contribution is 5.83. The van der Waals surface area contributed by atoms with Crippen molar-refractivity contribution in [2.45, 2.75) is 71.8 Å². The van der Waals surface area contributed by atoms with Crippen molar-refractivity contribution in [1.29, 1.82) is 0 Å². The zero-order chi connectivity index (χ0) is 22.0. The molecule has 1 aliphatic carbocycles. The van der Waals surface area contributed by atoms with Gasteiger partial charge in [-0.05, 0) is 57.1 Å². The van der Waals surface area contributed by atoms with Gasteiger partial charge < -0.3 is 9.42 Å². The number of benzene rings is 1. The monoisotopic (exact) mass is 423 g/mol. The molecule has 3 heterocycles. The number of likely N-dealkylation sites (tertiary alicyclic amines) is 1. The fraction of sp³-hybridized carbons (Fsp3) is 0.583. The molecule has 0 bridgehead atoms. The van der Waals surface area contributed by atoms with E-state index in [1.165, 1.54) is 19.3 Å². The molecule has 0 atom stereocenters. The fourth-order valence-electron chi connectivity index (χ4n) is 3.93. The van der Waals surface area contributed by atoms with Crippen LogP contribution in [0.25, 0.3) is 22.4 Å². The summed E-state index contributed by atoms with van der Waals surface area (Å²) in [5.41, 5.74) is 2.76. The number of fused-ring (bicyclic) bond motifs is 1. The van der Waals surface area contributed by atoms with Crippen LogP contribution in [0, 0.1) is 5.41 Å². The van der Waals surface area contributed by atoms with Crippen molar-refractivity contribution in [3.05, 3.63) is 30.2 Å². The molecule has 7 heteroatoms. The highest BCUT2D eigenvalue weighted by Crippen LogP contribution is 2.47. The maximum absolute atomic E-state index is 10.8. The Morgan fingerprint density at radius 1 is 1.26 bits per heavy atom. The standard InChI is InChI=1S/C18H21N5O2.C6H12/c1-12(2)23-16-9-14(3-4-15(16)10-19-23)18-20-17(21-25-18)13-5-7-22(11-24)8-6-13;1-3-6(2)4-5-6/h3-4,9-13H,5-8H2,1-2H3;3-5H2,1-2H3. The SMILES string of the molecule is CC(C)n1ncc2ccc(-c3nc(C4CCN(C=O)CC4)no3)cc21.CCC1(C)CC1. The van der Waals surface area contributed by atoms with Crippen molar-refractivity contribution >= 4 is 17.3 Å². The molecular weight excluding hydrogens is 390 g/mol. The third kappa shape index (κ3) is 4.81. The first-order chi connectivity index (χ1) is 14.9. The van der Waals surface area contributed by atoms with Gasteiger partial charge in [-0.15, -0.1) is 0 Å². The molecule has 1 amide bonds. The minimum atomic E-state index is 0.249. The third-order valence-corrected chi connectivity index (χ3v) is 6.78. The molecule has 1 saturated heterocycles. The van der Waals surface area contributed by atoms with E-state index in [1.807, 2.05) is 23.0 Å². The Kier molecular flexibility index (Phi) is 6.12. The second-order valence-corrected chi connectivity index (χ2v) is 9.49. The Labute approximate surface area is 183 Å². The number of carbonyl (C=O) groups is 1. The Balaban J connectivity index is 0.000000334. The summed E-state index contributed by atoms with van der Waals surface area (Å²) in [6.07, 6.45) is 8.86. The molecule has 2 fully saturated rings. The maximum atomic E-state index is 10.8. The Morgan fingerprint density at radius 3 is 2.58 bits per heavy atom. The summed E-state index contributed by atoms with van der Waals surface area (Å²) in [6.45, 7) is 10.3.